The topological polar surface area (TPSA) is 152 Å². The number of nitrogens with two attached hydrogens (primary N) is 2. The summed E-state index contributed by atoms with van der Waals surface area (Å²) in [5.41, 5.74) is 12.2. The van der Waals surface area contributed by atoms with Crippen molar-refractivity contribution in [2.75, 3.05) is 20.3 Å². The van der Waals surface area contributed by atoms with Crippen molar-refractivity contribution < 1.29 is 28.2 Å². The second kappa shape index (κ2) is 10.2. The molecule has 0 aliphatic heterocycles. The van der Waals surface area contributed by atoms with E-state index in [1.165, 1.54) is 0 Å². The molecule has 0 aliphatic carbocycles. The van der Waals surface area contributed by atoms with Crippen LogP contribution in [-0.2, 0) is 4.74 Å². The standard InChI is InChI=1S/C22H24N4O6/c1-13(31-22(24)28)20-26-18(14-3-7-16(29-2)8-4-14)19(32-20)15-5-9-17(10-6-15)30-12-11-25-21(23)27/h3-10,13H,11-12H2,1-2H3,(H2,24,28)(H3,23,25,27). The quantitative estimate of drug-likeness (QED) is 0.432. The Morgan fingerprint density at radius 1 is 1.03 bits per heavy atom. The molecule has 1 aromatic heterocycles. The Bertz CT molecular complexity index is 1060. The molecule has 0 aliphatic rings. The number of aromatic nitrogens is 1. The number of nitrogens with one attached hydrogen (secondary N) is 1. The van der Waals surface area contributed by atoms with Gasteiger partial charge in [-0.25, -0.2) is 14.6 Å². The van der Waals surface area contributed by atoms with Gasteiger partial charge in [-0.3, -0.25) is 0 Å². The normalized spacial score (nSPS) is 11.4. The molecule has 5 N–H and O–H groups in total. The van der Waals surface area contributed by atoms with Crippen molar-refractivity contribution in [2.24, 2.45) is 11.5 Å². The molecular formula is C22H24N4O6. The van der Waals surface area contributed by atoms with Crippen molar-refractivity contribution in [3.05, 3.63) is 54.4 Å². The van der Waals surface area contributed by atoms with Crippen LogP contribution in [-0.4, -0.2) is 37.4 Å². The molecule has 1 heterocycles. The first-order valence-corrected chi connectivity index (χ1v) is 9.75. The van der Waals surface area contributed by atoms with E-state index in [0.717, 1.165) is 11.1 Å². The molecule has 0 spiro atoms. The monoisotopic (exact) mass is 440 g/mol. The molecule has 2 aromatic carbocycles. The lowest BCUT2D eigenvalue weighted by molar-refractivity contribution is 0.101. The third kappa shape index (κ3) is 5.69. The highest BCUT2D eigenvalue weighted by molar-refractivity contribution is 5.77. The summed E-state index contributed by atoms with van der Waals surface area (Å²) in [5.74, 6) is 2.02. The number of carbonyl (C=O) groups is 2. The van der Waals surface area contributed by atoms with Crippen molar-refractivity contribution >= 4 is 12.1 Å². The predicted octanol–water partition coefficient (Wildman–Crippen LogP) is 3.22. The number of primary amides is 2. The minimum Gasteiger partial charge on any atom is -0.497 e. The molecule has 0 saturated heterocycles. The van der Waals surface area contributed by atoms with Gasteiger partial charge in [-0.05, 0) is 55.5 Å². The van der Waals surface area contributed by atoms with Gasteiger partial charge < -0.3 is 35.4 Å². The number of hydrogen-bond acceptors (Lipinski definition) is 7. The van der Waals surface area contributed by atoms with E-state index in [0.29, 0.717) is 29.5 Å². The fraction of sp³-hybridized carbons (Fsp3) is 0.227. The van der Waals surface area contributed by atoms with Crippen molar-refractivity contribution in [2.45, 2.75) is 13.0 Å². The Hall–Kier alpha value is -4.21. The number of methoxy groups -OCH3 is 1. The van der Waals surface area contributed by atoms with Crippen molar-refractivity contribution in [1.29, 1.82) is 0 Å². The molecule has 3 aromatic rings. The van der Waals surface area contributed by atoms with Gasteiger partial charge in [0.25, 0.3) is 0 Å². The van der Waals surface area contributed by atoms with Crippen molar-refractivity contribution in [3.63, 3.8) is 0 Å². The average molecular weight is 440 g/mol. The first kappa shape index (κ1) is 22.5. The fourth-order valence-electron chi connectivity index (χ4n) is 2.92. The number of rotatable bonds is 9. The van der Waals surface area contributed by atoms with Crippen LogP contribution in [0.5, 0.6) is 11.5 Å². The zero-order valence-corrected chi connectivity index (χ0v) is 17.7. The zero-order valence-electron chi connectivity index (χ0n) is 17.7. The third-order valence-corrected chi connectivity index (χ3v) is 4.43. The third-order valence-electron chi connectivity index (χ3n) is 4.43. The summed E-state index contributed by atoms with van der Waals surface area (Å²) in [7, 11) is 1.59. The smallest absolute Gasteiger partial charge is 0.405 e. The van der Waals surface area contributed by atoms with Crippen LogP contribution < -0.4 is 26.3 Å². The molecule has 1 unspecified atom stereocenters. The molecule has 0 fully saturated rings. The van der Waals surface area contributed by atoms with E-state index < -0.39 is 18.2 Å². The summed E-state index contributed by atoms with van der Waals surface area (Å²) >= 11 is 0. The highest BCUT2D eigenvalue weighted by Gasteiger charge is 2.22. The van der Waals surface area contributed by atoms with Crippen LogP contribution in [0.15, 0.2) is 52.9 Å². The van der Waals surface area contributed by atoms with E-state index >= 15 is 0 Å². The number of oxazole rings is 1. The SMILES string of the molecule is COc1ccc(-c2nc(C(C)OC(N)=O)oc2-c2ccc(OCCNC(N)=O)cc2)cc1. The Morgan fingerprint density at radius 3 is 2.25 bits per heavy atom. The highest BCUT2D eigenvalue weighted by Crippen LogP contribution is 2.36. The minimum absolute atomic E-state index is 0.211. The van der Waals surface area contributed by atoms with Gasteiger partial charge in [0.1, 0.15) is 23.8 Å². The van der Waals surface area contributed by atoms with E-state index in [4.69, 9.17) is 30.1 Å². The molecule has 3 rings (SSSR count). The summed E-state index contributed by atoms with van der Waals surface area (Å²) in [6.45, 7) is 2.19. The average Bonchev–Trinajstić information content (AvgIpc) is 3.22. The van der Waals surface area contributed by atoms with Crippen molar-refractivity contribution in [1.82, 2.24) is 10.3 Å². The Labute approximate surface area is 184 Å². The number of ether oxygens (including phenoxy) is 3. The number of amides is 3. The molecule has 0 bridgehead atoms. The second-order valence-electron chi connectivity index (χ2n) is 6.70. The van der Waals surface area contributed by atoms with Gasteiger partial charge in [0.05, 0.1) is 13.7 Å². The van der Waals surface area contributed by atoms with E-state index in [1.807, 2.05) is 36.4 Å². The van der Waals surface area contributed by atoms with Gasteiger partial charge in [-0.15, -0.1) is 0 Å². The summed E-state index contributed by atoms with van der Waals surface area (Å²) < 4.78 is 21.8. The summed E-state index contributed by atoms with van der Waals surface area (Å²) in [4.78, 5) is 26.4. The van der Waals surface area contributed by atoms with Gasteiger partial charge >= 0.3 is 12.1 Å². The lowest BCUT2D eigenvalue weighted by atomic mass is 10.1. The van der Waals surface area contributed by atoms with Gasteiger partial charge in [0.15, 0.2) is 11.9 Å². The fourth-order valence-corrected chi connectivity index (χ4v) is 2.92. The summed E-state index contributed by atoms with van der Waals surface area (Å²) in [5, 5.41) is 2.45. The van der Waals surface area contributed by atoms with Crippen molar-refractivity contribution in [3.8, 4) is 34.1 Å². The van der Waals surface area contributed by atoms with Crippen LogP contribution in [0, 0.1) is 0 Å². The van der Waals surface area contributed by atoms with Gasteiger partial charge in [0.2, 0.25) is 5.89 Å². The van der Waals surface area contributed by atoms with Crippen LogP contribution in [0.3, 0.4) is 0 Å². The molecule has 10 heteroatoms. The number of benzene rings is 2. The molecule has 1 atom stereocenters. The van der Waals surface area contributed by atoms with Gasteiger partial charge in [-0.2, -0.15) is 0 Å². The Kier molecular flexibility index (Phi) is 7.17. The summed E-state index contributed by atoms with van der Waals surface area (Å²) in [6, 6.07) is 13.9. The Morgan fingerprint density at radius 2 is 1.66 bits per heavy atom. The number of hydrogen-bond donors (Lipinski definition) is 3. The number of urea groups is 1. The lowest BCUT2D eigenvalue weighted by Gasteiger charge is -2.08. The summed E-state index contributed by atoms with van der Waals surface area (Å²) in [6.07, 6.45) is -1.69. The van der Waals surface area contributed by atoms with Crippen LogP contribution in [0.25, 0.3) is 22.6 Å². The van der Waals surface area contributed by atoms with Crippen LogP contribution >= 0.6 is 0 Å². The molecule has 32 heavy (non-hydrogen) atoms. The first-order valence-electron chi connectivity index (χ1n) is 9.75. The van der Waals surface area contributed by atoms with Crippen LogP contribution in [0.1, 0.15) is 18.9 Å². The molecular weight excluding hydrogens is 416 g/mol. The Balaban J connectivity index is 1.88. The van der Waals surface area contributed by atoms with E-state index in [1.54, 1.807) is 26.2 Å². The number of nitrogens with zero attached hydrogens (tertiary/aromatic N) is 1. The molecule has 168 valence electrons. The minimum atomic E-state index is -0.921. The molecule has 10 nitrogen and oxygen atoms in total. The van der Waals surface area contributed by atoms with E-state index in [9.17, 15) is 9.59 Å². The maximum atomic E-state index is 11.1. The maximum absolute atomic E-state index is 11.1. The lowest BCUT2D eigenvalue weighted by Crippen LogP contribution is -2.32. The number of carbonyl (C=O) groups excluding carboxylic acids is 2. The van der Waals surface area contributed by atoms with Gasteiger partial charge in [0, 0.05) is 11.1 Å². The molecule has 0 radical (unpaired) electrons. The second-order valence-corrected chi connectivity index (χ2v) is 6.70. The van der Waals surface area contributed by atoms with Crippen LogP contribution in [0.2, 0.25) is 0 Å². The van der Waals surface area contributed by atoms with E-state index in [2.05, 4.69) is 10.3 Å². The van der Waals surface area contributed by atoms with E-state index in [-0.39, 0.29) is 12.5 Å². The molecule has 3 amide bonds. The first-order chi connectivity index (χ1) is 15.4. The maximum Gasteiger partial charge on any atom is 0.405 e. The molecule has 0 saturated carbocycles. The van der Waals surface area contributed by atoms with Gasteiger partial charge in [-0.1, -0.05) is 0 Å². The predicted molar refractivity (Wildman–Crippen MR) is 116 cm³/mol. The zero-order chi connectivity index (χ0) is 23.1. The van der Waals surface area contributed by atoms with Crippen LogP contribution in [0.4, 0.5) is 9.59 Å². The highest BCUT2D eigenvalue weighted by atomic mass is 16.6. The largest absolute Gasteiger partial charge is 0.497 e.